The number of hydrogen-bond donors (Lipinski definition) is 0. The zero-order valence-corrected chi connectivity index (χ0v) is 15.7. The molecule has 0 bridgehead atoms. The Bertz CT molecular complexity index is 930. The van der Waals surface area contributed by atoms with E-state index in [2.05, 4.69) is 0 Å². The number of anilines is 2. The molecule has 0 aromatic heterocycles. The lowest BCUT2D eigenvalue weighted by molar-refractivity contribution is 0.101. The van der Waals surface area contributed by atoms with E-state index in [0.29, 0.717) is 5.56 Å². The zero-order valence-electron chi connectivity index (χ0n) is 15.7. The van der Waals surface area contributed by atoms with Gasteiger partial charge in [-0.1, -0.05) is 18.2 Å². The number of methoxy groups -OCH3 is 1. The summed E-state index contributed by atoms with van der Waals surface area (Å²) in [4.78, 5) is 11.6. The Hall–Kier alpha value is -3.40. The van der Waals surface area contributed by atoms with Crippen LogP contribution in [0.15, 0.2) is 84.0 Å². The lowest BCUT2D eigenvalue weighted by Gasteiger charge is -2.21. The summed E-state index contributed by atoms with van der Waals surface area (Å²) in [5.74, 6) is 0.858. The smallest absolute Gasteiger partial charge is 0.159 e. The average molecular weight is 358 g/mol. The second-order valence-electron chi connectivity index (χ2n) is 6.16. The molecule has 0 radical (unpaired) electrons. The van der Waals surface area contributed by atoms with Gasteiger partial charge in [-0.25, -0.2) is 5.01 Å². The number of para-hydroxylation sites is 1. The monoisotopic (exact) mass is 358 g/mol. The number of ether oxygens (including phenoxy) is 1. The molecule has 4 heteroatoms. The van der Waals surface area contributed by atoms with Crippen LogP contribution in [0.2, 0.25) is 0 Å². The number of carbonyl (C=O) groups excluding carboxylic acids is 1. The maximum absolute atomic E-state index is 11.6. The molecule has 0 atom stereocenters. The van der Waals surface area contributed by atoms with Crippen LogP contribution in [0.3, 0.4) is 0 Å². The first kappa shape index (κ1) is 18.4. The normalized spacial score (nSPS) is 11.1. The lowest BCUT2D eigenvalue weighted by atomic mass is 10.1. The van der Waals surface area contributed by atoms with E-state index in [4.69, 9.17) is 9.84 Å². The van der Waals surface area contributed by atoms with Crippen LogP contribution < -0.4 is 9.75 Å². The second-order valence-corrected chi connectivity index (χ2v) is 6.16. The Labute approximate surface area is 159 Å². The summed E-state index contributed by atoms with van der Waals surface area (Å²) in [6, 6.07) is 25.2. The lowest BCUT2D eigenvalue weighted by Crippen LogP contribution is -2.12. The predicted molar refractivity (Wildman–Crippen MR) is 110 cm³/mol. The molecule has 0 unspecified atom stereocenters. The molecular formula is C23H22N2O2. The molecule has 136 valence electrons. The molecule has 0 heterocycles. The molecule has 0 aliphatic rings. The molecule has 4 nitrogen and oxygen atoms in total. The third-order valence-corrected chi connectivity index (χ3v) is 4.28. The van der Waals surface area contributed by atoms with E-state index < -0.39 is 0 Å². The molecule has 0 saturated heterocycles. The highest BCUT2D eigenvalue weighted by molar-refractivity contribution is 6.00. The largest absolute Gasteiger partial charge is 0.497 e. The van der Waals surface area contributed by atoms with Gasteiger partial charge in [-0.2, -0.15) is 5.10 Å². The van der Waals surface area contributed by atoms with Crippen LogP contribution in [0, 0.1) is 0 Å². The van der Waals surface area contributed by atoms with Crippen molar-refractivity contribution in [2.45, 2.75) is 13.8 Å². The minimum Gasteiger partial charge on any atom is -0.497 e. The average Bonchev–Trinajstić information content (AvgIpc) is 2.72. The molecule has 3 rings (SSSR count). The van der Waals surface area contributed by atoms with Gasteiger partial charge < -0.3 is 4.74 Å². The van der Waals surface area contributed by atoms with Crippen molar-refractivity contribution in [3.05, 3.63) is 90.0 Å². The van der Waals surface area contributed by atoms with Crippen molar-refractivity contribution >= 4 is 22.9 Å². The molecule has 0 aliphatic heterocycles. The fourth-order valence-corrected chi connectivity index (χ4v) is 2.71. The summed E-state index contributed by atoms with van der Waals surface area (Å²) in [7, 11) is 1.65. The van der Waals surface area contributed by atoms with Crippen LogP contribution >= 0.6 is 0 Å². The van der Waals surface area contributed by atoms with Crippen LogP contribution in [-0.2, 0) is 0 Å². The molecule has 0 aliphatic carbocycles. The van der Waals surface area contributed by atoms with Crippen LogP contribution in [0.1, 0.15) is 29.8 Å². The molecule has 0 saturated carbocycles. The molecule has 3 aromatic rings. The summed E-state index contributed by atoms with van der Waals surface area (Å²) in [5.41, 5.74) is 4.40. The van der Waals surface area contributed by atoms with Gasteiger partial charge in [0.1, 0.15) is 5.75 Å². The molecule has 0 spiro atoms. The van der Waals surface area contributed by atoms with Crippen molar-refractivity contribution < 1.29 is 9.53 Å². The van der Waals surface area contributed by atoms with Gasteiger partial charge in [0.2, 0.25) is 0 Å². The van der Waals surface area contributed by atoms with Gasteiger partial charge in [-0.15, -0.1) is 0 Å². The quantitative estimate of drug-likeness (QED) is 0.334. The van der Waals surface area contributed by atoms with Gasteiger partial charge in [0.25, 0.3) is 0 Å². The van der Waals surface area contributed by atoms with Crippen molar-refractivity contribution in [3.63, 3.8) is 0 Å². The Morgan fingerprint density at radius 1 is 0.778 bits per heavy atom. The van der Waals surface area contributed by atoms with E-state index in [0.717, 1.165) is 28.4 Å². The summed E-state index contributed by atoms with van der Waals surface area (Å²) in [6.45, 7) is 3.54. The number of benzene rings is 3. The molecule has 0 fully saturated rings. The Balaban J connectivity index is 2.00. The van der Waals surface area contributed by atoms with Gasteiger partial charge in [0.05, 0.1) is 24.2 Å². The fourth-order valence-electron chi connectivity index (χ4n) is 2.71. The van der Waals surface area contributed by atoms with Crippen molar-refractivity contribution in [2.75, 3.05) is 12.1 Å². The maximum atomic E-state index is 11.6. The first-order chi connectivity index (χ1) is 13.1. The minimum absolute atomic E-state index is 0.0470. The second kappa shape index (κ2) is 8.32. The first-order valence-electron chi connectivity index (χ1n) is 8.74. The number of hydrogen-bond acceptors (Lipinski definition) is 4. The van der Waals surface area contributed by atoms with Crippen LogP contribution in [0.25, 0.3) is 0 Å². The zero-order chi connectivity index (χ0) is 19.2. The van der Waals surface area contributed by atoms with Crippen LogP contribution in [0.4, 0.5) is 11.4 Å². The van der Waals surface area contributed by atoms with Gasteiger partial charge in [-0.05, 0) is 80.1 Å². The molecule has 3 aromatic carbocycles. The summed E-state index contributed by atoms with van der Waals surface area (Å²) in [5, 5.41) is 6.72. The van der Waals surface area contributed by atoms with Gasteiger partial charge in [-0.3, -0.25) is 4.79 Å². The predicted octanol–water partition coefficient (Wildman–Crippen LogP) is 5.46. The van der Waals surface area contributed by atoms with Gasteiger partial charge in [0.15, 0.2) is 5.78 Å². The summed E-state index contributed by atoms with van der Waals surface area (Å²) >= 11 is 0. The standard InChI is InChI=1S/C23H22N2O2/c1-17(19-11-15-23(27-3)16-12-19)24-25(21-7-5-4-6-8-21)22-13-9-20(10-14-22)18(2)26/h4-16H,1-3H3/b24-17+. The van der Waals surface area contributed by atoms with Crippen molar-refractivity contribution in [1.82, 2.24) is 0 Å². The highest BCUT2D eigenvalue weighted by Gasteiger charge is 2.10. The first-order valence-corrected chi connectivity index (χ1v) is 8.74. The Kier molecular flexibility index (Phi) is 5.67. The van der Waals surface area contributed by atoms with Crippen LogP contribution in [0.5, 0.6) is 5.75 Å². The van der Waals surface area contributed by atoms with Crippen molar-refractivity contribution in [2.24, 2.45) is 5.10 Å². The summed E-state index contributed by atoms with van der Waals surface area (Å²) < 4.78 is 5.22. The third-order valence-electron chi connectivity index (χ3n) is 4.28. The highest BCUT2D eigenvalue weighted by Crippen LogP contribution is 2.27. The van der Waals surface area contributed by atoms with E-state index in [1.165, 1.54) is 0 Å². The fraction of sp³-hybridized carbons (Fsp3) is 0.130. The number of nitrogens with zero attached hydrogens (tertiary/aromatic N) is 2. The topological polar surface area (TPSA) is 41.9 Å². The number of carbonyl (C=O) groups is 1. The Morgan fingerprint density at radius 3 is 1.89 bits per heavy atom. The molecule has 0 N–H and O–H groups in total. The molecule has 27 heavy (non-hydrogen) atoms. The van der Waals surface area contributed by atoms with E-state index in [1.807, 2.05) is 90.8 Å². The maximum Gasteiger partial charge on any atom is 0.159 e. The number of Topliss-reactive ketones (excluding diaryl/α,β-unsaturated/α-hetero) is 1. The molecular weight excluding hydrogens is 336 g/mol. The number of hydrazone groups is 1. The third kappa shape index (κ3) is 4.42. The molecule has 0 amide bonds. The number of rotatable bonds is 6. The van der Waals surface area contributed by atoms with E-state index in [-0.39, 0.29) is 5.78 Å². The van der Waals surface area contributed by atoms with Gasteiger partial charge >= 0.3 is 0 Å². The van der Waals surface area contributed by atoms with Gasteiger partial charge in [0, 0.05) is 5.56 Å². The minimum atomic E-state index is 0.0470. The number of ketones is 1. The van der Waals surface area contributed by atoms with Crippen molar-refractivity contribution in [1.29, 1.82) is 0 Å². The SMILES string of the molecule is COc1ccc(/C(C)=N/N(c2ccccc2)c2ccc(C(C)=O)cc2)cc1. The van der Waals surface area contributed by atoms with E-state index >= 15 is 0 Å². The summed E-state index contributed by atoms with van der Waals surface area (Å²) in [6.07, 6.45) is 0. The Morgan fingerprint density at radius 2 is 1.33 bits per heavy atom. The van der Waals surface area contributed by atoms with E-state index in [9.17, 15) is 4.79 Å². The highest BCUT2D eigenvalue weighted by atomic mass is 16.5. The van der Waals surface area contributed by atoms with E-state index in [1.54, 1.807) is 14.0 Å². The van der Waals surface area contributed by atoms with Crippen molar-refractivity contribution in [3.8, 4) is 5.75 Å². The van der Waals surface area contributed by atoms with Crippen LogP contribution in [-0.4, -0.2) is 18.6 Å².